The summed E-state index contributed by atoms with van der Waals surface area (Å²) in [5.41, 5.74) is 0. The molecule has 0 saturated heterocycles. The van der Waals surface area contributed by atoms with E-state index in [0.717, 1.165) is 0 Å². The molecular formula is H4BiO11P2VZn3. The van der Waals surface area contributed by atoms with E-state index in [-0.39, 0.29) is 84.6 Å². The van der Waals surface area contributed by atoms with Gasteiger partial charge in [-0.2, -0.15) is 15.6 Å². The van der Waals surface area contributed by atoms with Crippen molar-refractivity contribution in [3.63, 3.8) is 0 Å². The molecule has 0 rings (SSSR count). The Hall–Kier alpha value is 3.12. The van der Waals surface area contributed by atoms with Gasteiger partial charge in [0.2, 0.25) is 0 Å². The van der Waals surface area contributed by atoms with Gasteiger partial charge in [-0.3, -0.25) is 0 Å². The summed E-state index contributed by atoms with van der Waals surface area (Å²) in [5, 5.41) is 0. The third-order valence-electron chi connectivity index (χ3n) is 0. The smallest absolute Gasteiger partial charge is 2.00 e. The van der Waals surface area contributed by atoms with Gasteiger partial charge in [0.15, 0.2) is 0 Å². The van der Waals surface area contributed by atoms with E-state index in [4.69, 9.17) is 49.9 Å². The van der Waals surface area contributed by atoms with Crippen LogP contribution >= 0.6 is 15.6 Å². The maximum atomic E-state index is 8.67. The summed E-state index contributed by atoms with van der Waals surface area (Å²) in [4.78, 5) is 51.3. The van der Waals surface area contributed by atoms with Crippen LogP contribution in [0.3, 0.4) is 0 Å². The number of phosphoric acid groups is 2. The first kappa shape index (κ1) is 42.9. The Morgan fingerprint density at radius 2 is 0.722 bits per heavy atom. The minimum absolute atomic E-state index is 0. The molecule has 0 aromatic rings. The molecule has 0 aliphatic carbocycles. The van der Waals surface area contributed by atoms with E-state index >= 15 is 0 Å². The Morgan fingerprint density at radius 3 is 0.722 bits per heavy atom. The normalized spacial score (nSPS) is 7.94. The number of hydrogen-bond acceptors (Lipinski definition) is 10. The summed E-state index contributed by atoms with van der Waals surface area (Å²) in [6.07, 6.45) is 0. The molecule has 0 atom stereocenters. The van der Waals surface area contributed by atoms with Crippen molar-refractivity contribution in [1.82, 2.24) is 0 Å². The molecule has 18 heteroatoms. The van der Waals surface area contributed by atoms with Crippen LogP contribution in [-0.4, -0.2) is 30.2 Å². The fourth-order valence-corrected chi connectivity index (χ4v) is 0. The number of hydrogen-bond donors (Lipinski definition) is 1. The SMILES string of the molecule is O=P([O-])([O-])[O-].O=P([O-])([O-])[O-].[BiH3].[O]=[V](=[O])[OH].[Zn+2].[Zn+2].[Zn+2]. The van der Waals surface area contributed by atoms with Crippen molar-refractivity contribution >= 4 is 41.8 Å². The molecule has 0 radical (unpaired) electrons. The molecule has 0 unspecified atom stereocenters. The maximum absolute atomic E-state index is 8.67. The van der Waals surface area contributed by atoms with Gasteiger partial charge in [-0.1, -0.05) is 0 Å². The second-order valence-electron chi connectivity index (χ2n) is 1.13. The van der Waals surface area contributed by atoms with Crippen LogP contribution in [-0.2, 0) is 90.3 Å². The first-order valence-electron chi connectivity index (χ1n) is 2.03. The fourth-order valence-electron chi connectivity index (χ4n) is 0. The number of rotatable bonds is 0. The fraction of sp³-hybridized carbons (Fsp3) is 0. The predicted octanol–water partition coefficient (Wildman–Crippen LogP) is -7.64. The van der Waals surface area contributed by atoms with Gasteiger partial charge in [-0.15, -0.1) is 0 Å². The Balaban J connectivity index is -0.0000000183. The molecular weight excluding hydrogens is 694 g/mol. The molecule has 0 aliphatic heterocycles. The Kier molecular flexibility index (Phi) is 53.4. The quantitative estimate of drug-likeness (QED) is 0.185. The van der Waals surface area contributed by atoms with E-state index in [1.54, 1.807) is 0 Å². The van der Waals surface area contributed by atoms with Gasteiger partial charge >= 0.3 is 111 Å². The molecule has 0 aliphatic rings. The van der Waals surface area contributed by atoms with E-state index in [1.165, 1.54) is 0 Å². The van der Waals surface area contributed by atoms with Crippen molar-refractivity contribution in [3.05, 3.63) is 0 Å². The van der Waals surface area contributed by atoms with Crippen molar-refractivity contribution in [2.75, 3.05) is 0 Å². The molecule has 96 valence electrons. The van der Waals surface area contributed by atoms with Crippen LogP contribution in [0.25, 0.3) is 0 Å². The molecule has 0 fully saturated rings. The summed E-state index contributed by atoms with van der Waals surface area (Å²) >= 11 is -3.69. The first-order valence-corrected chi connectivity index (χ1v) is 6.71. The molecule has 1 N–H and O–H groups in total. The van der Waals surface area contributed by atoms with Crippen molar-refractivity contribution < 1.29 is 124 Å². The van der Waals surface area contributed by atoms with Crippen LogP contribution in [0.1, 0.15) is 0 Å². The van der Waals surface area contributed by atoms with Crippen molar-refractivity contribution in [2.45, 2.75) is 0 Å². The van der Waals surface area contributed by atoms with Crippen LogP contribution in [0.4, 0.5) is 0 Å². The summed E-state index contributed by atoms with van der Waals surface area (Å²) in [7, 11) is -10.8. The topological polar surface area (TPSA) is 227 Å². The van der Waals surface area contributed by atoms with Crippen LogP contribution in [0.2, 0.25) is 0 Å². The molecule has 0 aromatic heterocycles. The van der Waals surface area contributed by atoms with Gasteiger partial charge in [0.05, 0.1) is 0 Å². The molecule has 0 bridgehead atoms. The van der Waals surface area contributed by atoms with E-state index in [9.17, 15) is 0 Å². The Labute approximate surface area is 163 Å². The standard InChI is InChI=1S/Bi.2H3O4P.H2O.2O.V.3Zn.3H/c;2*1-5(2,3)4;;;;;;;;;;/h;2*(H3,1,2,3,4);1H2;;;;;;;;;/q;;;;;;+1;3*+2;;;/p-7. The van der Waals surface area contributed by atoms with Gasteiger partial charge in [0.25, 0.3) is 0 Å². The third kappa shape index (κ3) is 646. The summed E-state index contributed by atoms with van der Waals surface area (Å²) in [6.45, 7) is 0. The maximum Gasteiger partial charge on any atom is 2.00 e. The van der Waals surface area contributed by atoms with Gasteiger partial charge in [0.1, 0.15) is 0 Å². The second-order valence-corrected chi connectivity index (χ2v) is 3.66. The first-order chi connectivity index (χ1) is 5.73. The Morgan fingerprint density at radius 1 is 0.722 bits per heavy atom. The molecule has 11 nitrogen and oxygen atoms in total. The molecule has 0 aromatic carbocycles. The average molecular weight is 698 g/mol. The second kappa shape index (κ2) is 22.4. The monoisotopic (exact) mass is 694 g/mol. The van der Waals surface area contributed by atoms with E-state index in [2.05, 4.69) is 0 Å². The zero-order valence-corrected chi connectivity index (χ0v) is 26.3. The largest absolute Gasteiger partial charge is 2.00 e. The zero-order chi connectivity index (χ0) is 12.6. The molecule has 18 heavy (non-hydrogen) atoms. The van der Waals surface area contributed by atoms with Crippen molar-refractivity contribution in [1.29, 1.82) is 0 Å². The van der Waals surface area contributed by atoms with Crippen LogP contribution in [0.15, 0.2) is 0 Å². The van der Waals surface area contributed by atoms with Gasteiger partial charge < -0.3 is 38.5 Å². The molecule has 0 saturated carbocycles. The minimum Gasteiger partial charge on any atom is 2.00 e. The molecule has 0 heterocycles. The Bertz CT molecular complexity index is 246. The predicted molar refractivity (Wildman–Crippen MR) is 28.7 cm³/mol. The summed E-state index contributed by atoms with van der Waals surface area (Å²) in [6, 6.07) is 0. The van der Waals surface area contributed by atoms with E-state index in [1.807, 2.05) is 0 Å². The van der Waals surface area contributed by atoms with Crippen molar-refractivity contribution in [3.8, 4) is 0 Å². The third-order valence-corrected chi connectivity index (χ3v) is 0. The van der Waals surface area contributed by atoms with Crippen LogP contribution in [0.5, 0.6) is 0 Å². The summed E-state index contributed by atoms with van der Waals surface area (Å²) in [5.74, 6) is 0. The molecule has 0 spiro atoms. The van der Waals surface area contributed by atoms with Crippen LogP contribution in [0, 0.1) is 0 Å². The van der Waals surface area contributed by atoms with Crippen LogP contribution < -0.4 is 29.4 Å². The average Bonchev–Trinajstić information content (AvgIpc) is 1.45. The summed E-state index contributed by atoms with van der Waals surface area (Å²) < 4.78 is 41.5. The van der Waals surface area contributed by atoms with Gasteiger partial charge in [-0.25, -0.2) is 0 Å². The van der Waals surface area contributed by atoms with E-state index in [0.29, 0.717) is 0 Å². The van der Waals surface area contributed by atoms with Gasteiger partial charge in [-0.05, 0) is 0 Å². The van der Waals surface area contributed by atoms with Crippen molar-refractivity contribution in [2.24, 2.45) is 0 Å². The van der Waals surface area contributed by atoms with E-state index < -0.39 is 31.0 Å². The zero-order valence-electron chi connectivity index (χ0n) is 8.70. The van der Waals surface area contributed by atoms with Gasteiger partial charge in [0, 0.05) is 0 Å². The minimum atomic E-state index is -5.39. The molecule has 0 amide bonds.